The maximum Gasteiger partial charge on any atom is 0.260 e. The number of nitrogens with one attached hydrogen (secondary N) is 1. The molecule has 1 N–H and O–H groups in total. The lowest BCUT2D eigenvalue weighted by Gasteiger charge is -2.27. The highest BCUT2D eigenvalue weighted by Gasteiger charge is 2.37. The van der Waals surface area contributed by atoms with Crippen LogP contribution in [-0.2, 0) is 6.42 Å². The molecule has 1 amide bonds. The molecule has 0 saturated heterocycles. The van der Waals surface area contributed by atoms with Crippen LogP contribution in [0.4, 0.5) is 11.4 Å². The van der Waals surface area contributed by atoms with Gasteiger partial charge in [0, 0.05) is 27.5 Å². The second-order valence-corrected chi connectivity index (χ2v) is 6.77. The van der Waals surface area contributed by atoms with E-state index in [-0.39, 0.29) is 12.1 Å². The van der Waals surface area contributed by atoms with Crippen molar-refractivity contribution >= 4 is 28.9 Å². The Morgan fingerprint density at radius 1 is 0.962 bits per heavy atom. The number of carbonyl (C=O) groups excluding carboxylic acids is 1. The van der Waals surface area contributed by atoms with Crippen molar-refractivity contribution in [3.63, 3.8) is 0 Å². The molecule has 1 heterocycles. The fraction of sp³-hybridized carbons (Fsp3) is 0.136. The Hall–Kier alpha value is -2.78. The van der Waals surface area contributed by atoms with Gasteiger partial charge < -0.3 is 5.32 Å². The molecule has 0 saturated carbocycles. The van der Waals surface area contributed by atoms with Gasteiger partial charge in [0.25, 0.3) is 5.91 Å². The van der Waals surface area contributed by atoms with Crippen molar-refractivity contribution in [2.75, 3.05) is 10.2 Å². The lowest BCUT2D eigenvalue weighted by atomic mass is 10.1. The number of hydrogen-bond acceptors (Lipinski definition) is 2. The van der Waals surface area contributed by atoms with Gasteiger partial charge in [0.15, 0.2) is 0 Å². The van der Waals surface area contributed by atoms with E-state index >= 15 is 0 Å². The zero-order valence-electron chi connectivity index (χ0n) is 14.4. The topological polar surface area (TPSA) is 32.3 Å². The predicted octanol–water partition coefficient (Wildman–Crippen LogP) is 5.67. The summed E-state index contributed by atoms with van der Waals surface area (Å²) < 4.78 is 0. The van der Waals surface area contributed by atoms with Crippen LogP contribution in [0, 0.1) is 0 Å². The van der Waals surface area contributed by atoms with Crippen LogP contribution < -0.4 is 10.2 Å². The number of anilines is 2. The Morgan fingerprint density at radius 2 is 1.65 bits per heavy atom. The number of carbonyl (C=O) groups is 1. The summed E-state index contributed by atoms with van der Waals surface area (Å²) in [5.74, 6) is -0.00870. The third kappa shape index (κ3) is 2.95. The number of rotatable bonds is 4. The van der Waals surface area contributed by atoms with Gasteiger partial charge in [-0.3, -0.25) is 9.69 Å². The average molecular weight is 363 g/mol. The van der Waals surface area contributed by atoms with Crippen molar-refractivity contribution in [2.24, 2.45) is 0 Å². The first-order valence-corrected chi connectivity index (χ1v) is 9.08. The first kappa shape index (κ1) is 16.7. The molecule has 0 spiro atoms. The minimum Gasteiger partial charge on any atom is -0.361 e. The Morgan fingerprint density at radius 3 is 2.35 bits per heavy atom. The smallest absolute Gasteiger partial charge is 0.260 e. The molecule has 1 aliphatic rings. The number of nitrogens with zero attached hydrogens (tertiary/aromatic N) is 1. The lowest BCUT2D eigenvalue weighted by Crippen LogP contribution is -2.32. The second kappa shape index (κ2) is 6.85. The second-order valence-electron chi connectivity index (χ2n) is 6.34. The molecule has 3 aromatic carbocycles. The SMILES string of the molecule is CCc1ccc(N[C@@H]2c3ccccc3C(=O)N2c2ccc(Cl)cc2)cc1. The van der Waals surface area contributed by atoms with Crippen molar-refractivity contribution in [3.8, 4) is 0 Å². The molecule has 26 heavy (non-hydrogen) atoms. The van der Waals surface area contributed by atoms with Gasteiger partial charge in [0.2, 0.25) is 0 Å². The standard InChI is InChI=1S/C22H19ClN2O/c1-2-15-7-11-17(12-8-15)24-21-19-5-3-4-6-20(19)22(26)25(21)18-13-9-16(23)10-14-18/h3-14,21,24H,2H2,1H3/t21-/m0/s1. The largest absolute Gasteiger partial charge is 0.361 e. The molecule has 0 unspecified atom stereocenters. The van der Waals surface area contributed by atoms with Gasteiger partial charge in [-0.15, -0.1) is 0 Å². The van der Waals surface area contributed by atoms with Crippen molar-refractivity contribution < 1.29 is 4.79 Å². The van der Waals surface area contributed by atoms with E-state index in [1.807, 2.05) is 36.4 Å². The van der Waals surface area contributed by atoms with Crippen LogP contribution in [-0.4, -0.2) is 5.91 Å². The molecular formula is C22H19ClN2O. The number of benzene rings is 3. The highest BCUT2D eigenvalue weighted by molar-refractivity contribution is 6.30. The van der Waals surface area contributed by atoms with Gasteiger partial charge in [0.05, 0.1) is 0 Å². The van der Waals surface area contributed by atoms with E-state index in [1.54, 1.807) is 17.0 Å². The van der Waals surface area contributed by atoms with E-state index in [0.29, 0.717) is 5.02 Å². The van der Waals surface area contributed by atoms with E-state index in [1.165, 1.54) is 5.56 Å². The fourth-order valence-electron chi connectivity index (χ4n) is 3.32. The average Bonchev–Trinajstić information content (AvgIpc) is 2.95. The molecule has 4 rings (SSSR count). The molecule has 1 aliphatic heterocycles. The Bertz CT molecular complexity index is 935. The minimum atomic E-state index is -0.257. The number of hydrogen-bond donors (Lipinski definition) is 1. The van der Waals surface area contributed by atoms with Crippen molar-refractivity contribution in [1.29, 1.82) is 0 Å². The van der Waals surface area contributed by atoms with Crippen LogP contribution in [0.1, 0.15) is 34.6 Å². The molecule has 1 atom stereocenters. The molecule has 0 aromatic heterocycles. The third-order valence-corrected chi connectivity index (χ3v) is 4.99. The summed E-state index contributed by atoms with van der Waals surface area (Å²) in [6, 6.07) is 23.4. The summed E-state index contributed by atoms with van der Waals surface area (Å²) in [6.45, 7) is 2.14. The van der Waals surface area contributed by atoms with Crippen LogP contribution in [0.25, 0.3) is 0 Å². The van der Waals surface area contributed by atoms with Crippen LogP contribution in [0.5, 0.6) is 0 Å². The van der Waals surface area contributed by atoms with Crippen molar-refractivity contribution in [1.82, 2.24) is 0 Å². The van der Waals surface area contributed by atoms with Gasteiger partial charge in [-0.25, -0.2) is 0 Å². The van der Waals surface area contributed by atoms with E-state index < -0.39 is 0 Å². The predicted molar refractivity (Wildman–Crippen MR) is 107 cm³/mol. The molecular weight excluding hydrogens is 344 g/mol. The van der Waals surface area contributed by atoms with E-state index in [0.717, 1.165) is 28.9 Å². The van der Waals surface area contributed by atoms with Gasteiger partial charge in [-0.05, 0) is 54.4 Å². The first-order valence-electron chi connectivity index (χ1n) is 8.71. The van der Waals surface area contributed by atoms with Crippen LogP contribution in [0.2, 0.25) is 5.02 Å². The first-order chi connectivity index (χ1) is 12.7. The zero-order chi connectivity index (χ0) is 18.1. The Labute approximate surface area is 158 Å². The van der Waals surface area contributed by atoms with E-state index in [4.69, 9.17) is 11.6 Å². The molecule has 0 aliphatic carbocycles. The third-order valence-electron chi connectivity index (χ3n) is 4.73. The molecule has 4 heteroatoms. The fourth-order valence-corrected chi connectivity index (χ4v) is 3.45. The van der Waals surface area contributed by atoms with Crippen LogP contribution >= 0.6 is 11.6 Å². The van der Waals surface area contributed by atoms with Gasteiger partial charge in [-0.1, -0.05) is 48.9 Å². The van der Waals surface area contributed by atoms with E-state index in [9.17, 15) is 4.79 Å². The summed E-state index contributed by atoms with van der Waals surface area (Å²) in [5, 5.41) is 4.16. The van der Waals surface area contributed by atoms with Crippen LogP contribution in [0.3, 0.4) is 0 Å². The maximum atomic E-state index is 13.0. The maximum absolute atomic E-state index is 13.0. The van der Waals surface area contributed by atoms with Crippen molar-refractivity contribution in [2.45, 2.75) is 19.5 Å². The molecule has 130 valence electrons. The Balaban J connectivity index is 1.74. The highest BCUT2D eigenvalue weighted by Crippen LogP contribution is 2.38. The highest BCUT2D eigenvalue weighted by atomic mass is 35.5. The number of fused-ring (bicyclic) bond motifs is 1. The number of aryl methyl sites for hydroxylation is 1. The summed E-state index contributed by atoms with van der Waals surface area (Å²) in [4.78, 5) is 14.8. The summed E-state index contributed by atoms with van der Waals surface area (Å²) in [7, 11) is 0. The molecule has 0 bridgehead atoms. The van der Waals surface area contributed by atoms with Crippen LogP contribution in [0.15, 0.2) is 72.8 Å². The minimum absolute atomic E-state index is 0.00870. The molecule has 0 radical (unpaired) electrons. The number of amides is 1. The Kier molecular flexibility index (Phi) is 4.39. The molecule has 3 aromatic rings. The van der Waals surface area contributed by atoms with Gasteiger partial charge in [-0.2, -0.15) is 0 Å². The van der Waals surface area contributed by atoms with Gasteiger partial charge >= 0.3 is 0 Å². The molecule has 3 nitrogen and oxygen atoms in total. The normalized spacial score (nSPS) is 15.8. The summed E-state index contributed by atoms with van der Waals surface area (Å²) in [6.07, 6.45) is 0.745. The van der Waals surface area contributed by atoms with E-state index in [2.05, 4.69) is 36.5 Å². The quantitative estimate of drug-likeness (QED) is 0.648. The number of halogens is 1. The summed E-state index contributed by atoms with van der Waals surface area (Å²) in [5.41, 5.74) is 4.79. The van der Waals surface area contributed by atoms with Gasteiger partial charge in [0.1, 0.15) is 6.17 Å². The zero-order valence-corrected chi connectivity index (χ0v) is 15.2. The summed E-state index contributed by atoms with van der Waals surface area (Å²) >= 11 is 6.02. The molecule has 0 fully saturated rings. The van der Waals surface area contributed by atoms with Crippen molar-refractivity contribution in [3.05, 3.63) is 94.5 Å². The monoisotopic (exact) mass is 362 g/mol. The lowest BCUT2D eigenvalue weighted by molar-refractivity contribution is 0.0993.